The number of benzene rings is 1. The van der Waals surface area contributed by atoms with Gasteiger partial charge in [0, 0.05) is 25.6 Å². The molecule has 1 aliphatic rings. The third kappa shape index (κ3) is 5.06. The summed E-state index contributed by atoms with van der Waals surface area (Å²) < 4.78 is 4.69. The van der Waals surface area contributed by atoms with Crippen LogP contribution in [0.2, 0.25) is 0 Å². The standard InChI is InChI=1S/C19H28N2O3/c1-3-4-13-21-17(9-10-18(21)22)11-12-20-14-15-5-7-16(8-6-15)19(23)24-2/h5-8,17,20H,3-4,9-14H2,1-2H3. The molecule has 1 fully saturated rings. The average Bonchev–Trinajstić information content (AvgIpc) is 2.96. The molecule has 24 heavy (non-hydrogen) atoms. The fraction of sp³-hybridized carbons (Fsp3) is 0.579. The van der Waals surface area contributed by atoms with Crippen molar-refractivity contribution >= 4 is 11.9 Å². The molecule has 0 saturated carbocycles. The molecule has 1 unspecified atom stereocenters. The maximum Gasteiger partial charge on any atom is 0.337 e. The smallest absolute Gasteiger partial charge is 0.337 e. The number of methoxy groups -OCH3 is 1. The van der Waals surface area contributed by atoms with Gasteiger partial charge in [-0.15, -0.1) is 0 Å². The zero-order valence-electron chi connectivity index (χ0n) is 14.7. The number of ether oxygens (including phenoxy) is 1. The summed E-state index contributed by atoms with van der Waals surface area (Å²) in [5.41, 5.74) is 1.70. The molecule has 0 aromatic heterocycles. The first-order chi connectivity index (χ1) is 11.7. The van der Waals surface area contributed by atoms with Gasteiger partial charge in [-0.05, 0) is 43.5 Å². The van der Waals surface area contributed by atoms with Crippen LogP contribution in [-0.4, -0.2) is 43.0 Å². The van der Waals surface area contributed by atoms with Gasteiger partial charge in [0.15, 0.2) is 0 Å². The van der Waals surface area contributed by atoms with Crippen molar-refractivity contribution in [2.75, 3.05) is 20.2 Å². The van der Waals surface area contributed by atoms with E-state index in [1.165, 1.54) is 7.11 Å². The van der Waals surface area contributed by atoms with E-state index < -0.39 is 0 Å². The molecule has 0 radical (unpaired) electrons. The fourth-order valence-electron chi connectivity index (χ4n) is 3.11. The Morgan fingerprint density at radius 3 is 2.75 bits per heavy atom. The van der Waals surface area contributed by atoms with Gasteiger partial charge in [0.25, 0.3) is 0 Å². The Balaban J connectivity index is 1.72. The van der Waals surface area contributed by atoms with E-state index in [9.17, 15) is 9.59 Å². The molecule has 0 spiro atoms. The van der Waals surface area contributed by atoms with Gasteiger partial charge in [0.2, 0.25) is 5.91 Å². The Kier molecular flexibility index (Phi) is 7.25. The number of rotatable bonds is 9. The Bertz CT molecular complexity index is 542. The highest BCUT2D eigenvalue weighted by Gasteiger charge is 2.29. The minimum atomic E-state index is -0.312. The molecule has 1 heterocycles. The monoisotopic (exact) mass is 332 g/mol. The van der Waals surface area contributed by atoms with Crippen molar-refractivity contribution in [2.45, 2.75) is 51.6 Å². The van der Waals surface area contributed by atoms with Gasteiger partial charge in [-0.3, -0.25) is 4.79 Å². The first kappa shape index (κ1) is 18.5. The minimum Gasteiger partial charge on any atom is -0.465 e. The summed E-state index contributed by atoms with van der Waals surface area (Å²) in [6, 6.07) is 7.83. The molecule has 0 aliphatic carbocycles. The van der Waals surface area contributed by atoms with Crippen LogP contribution in [0.5, 0.6) is 0 Å². The van der Waals surface area contributed by atoms with Crippen molar-refractivity contribution in [3.63, 3.8) is 0 Å². The van der Waals surface area contributed by atoms with Crippen LogP contribution in [0.1, 0.15) is 54.9 Å². The SMILES string of the molecule is CCCCN1C(=O)CCC1CCNCc1ccc(C(=O)OC)cc1. The Labute approximate surface area is 144 Å². The third-order valence-electron chi connectivity index (χ3n) is 4.56. The number of carbonyl (C=O) groups excluding carboxylic acids is 2. The van der Waals surface area contributed by atoms with E-state index in [1.807, 2.05) is 12.1 Å². The van der Waals surface area contributed by atoms with Gasteiger partial charge in [0.1, 0.15) is 0 Å². The van der Waals surface area contributed by atoms with Crippen LogP contribution in [-0.2, 0) is 16.1 Å². The van der Waals surface area contributed by atoms with Crippen molar-refractivity contribution in [2.24, 2.45) is 0 Å². The highest BCUT2D eigenvalue weighted by Crippen LogP contribution is 2.21. The van der Waals surface area contributed by atoms with Crippen molar-refractivity contribution in [1.29, 1.82) is 0 Å². The number of esters is 1. The molecule has 1 saturated heterocycles. The fourth-order valence-corrected chi connectivity index (χ4v) is 3.11. The molecule has 1 amide bonds. The van der Waals surface area contributed by atoms with E-state index in [-0.39, 0.29) is 5.97 Å². The number of unbranched alkanes of at least 4 members (excludes halogenated alkanes) is 1. The first-order valence-corrected chi connectivity index (χ1v) is 8.83. The Hall–Kier alpha value is -1.88. The summed E-state index contributed by atoms with van der Waals surface area (Å²) in [6.07, 6.45) is 4.88. The number of carbonyl (C=O) groups is 2. The molecular weight excluding hydrogens is 304 g/mol. The Morgan fingerprint density at radius 2 is 2.08 bits per heavy atom. The normalized spacial score (nSPS) is 17.3. The van der Waals surface area contributed by atoms with Crippen LogP contribution in [0.15, 0.2) is 24.3 Å². The number of nitrogens with one attached hydrogen (secondary N) is 1. The lowest BCUT2D eigenvalue weighted by Gasteiger charge is -2.24. The van der Waals surface area contributed by atoms with Crippen molar-refractivity contribution in [3.05, 3.63) is 35.4 Å². The van der Waals surface area contributed by atoms with Gasteiger partial charge < -0.3 is 15.0 Å². The summed E-state index contributed by atoms with van der Waals surface area (Å²) >= 11 is 0. The van der Waals surface area contributed by atoms with Gasteiger partial charge in [-0.2, -0.15) is 0 Å². The number of hydrogen-bond acceptors (Lipinski definition) is 4. The summed E-state index contributed by atoms with van der Waals surface area (Å²) in [6.45, 7) is 4.70. The summed E-state index contributed by atoms with van der Waals surface area (Å²) in [7, 11) is 1.38. The number of nitrogens with zero attached hydrogens (tertiary/aromatic N) is 1. The van der Waals surface area contributed by atoms with Crippen LogP contribution in [0.3, 0.4) is 0 Å². The summed E-state index contributed by atoms with van der Waals surface area (Å²) in [5, 5.41) is 3.43. The molecule has 1 N–H and O–H groups in total. The maximum absolute atomic E-state index is 11.9. The molecule has 132 valence electrons. The lowest BCUT2D eigenvalue weighted by Crippen LogP contribution is -2.35. The topological polar surface area (TPSA) is 58.6 Å². The van der Waals surface area contributed by atoms with Crippen LogP contribution in [0.25, 0.3) is 0 Å². The zero-order chi connectivity index (χ0) is 17.4. The lowest BCUT2D eigenvalue weighted by atomic mass is 10.1. The molecule has 1 aromatic carbocycles. The largest absolute Gasteiger partial charge is 0.465 e. The van der Waals surface area contributed by atoms with E-state index in [0.29, 0.717) is 23.9 Å². The van der Waals surface area contributed by atoms with E-state index in [2.05, 4.69) is 17.1 Å². The van der Waals surface area contributed by atoms with Crippen LogP contribution in [0.4, 0.5) is 0 Å². The lowest BCUT2D eigenvalue weighted by molar-refractivity contribution is -0.129. The van der Waals surface area contributed by atoms with Gasteiger partial charge >= 0.3 is 5.97 Å². The summed E-state index contributed by atoms with van der Waals surface area (Å²) in [5.74, 6) is -0.000528. The maximum atomic E-state index is 11.9. The molecule has 1 aliphatic heterocycles. The average molecular weight is 332 g/mol. The second-order valence-corrected chi connectivity index (χ2v) is 6.29. The molecule has 0 bridgehead atoms. The van der Waals surface area contributed by atoms with E-state index in [4.69, 9.17) is 4.74 Å². The van der Waals surface area contributed by atoms with Gasteiger partial charge in [-0.1, -0.05) is 25.5 Å². The zero-order valence-corrected chi connectivity index (χ0v) is 14.7. The molecule has 1 aromatic rings. The molecule has 2 rings (SSSR count). The minimum absolute atomic E-state index is 0.312. The molecule has 5 nitrogen and oxygen atoms in total. The highest BCUT2D eigenvalue weighted by atomic mass is 16.5. The van der Waals surface area contributed by atoms with E-state index >= 15 is 0 Å². The summed E-state index contributed by atoms with van der Waals surface area (Å²) in [4.78, 5) is 25.4. The van der Waals surface area contributed by atoms with E-state index in [0.717, 1.165) is 50.9 Å². The van der Waals surface area contributed by atoms with Crippen LogP contribution < -0.4 is 5.32 Å². The predicted octanol–water partition coefficient (Wildman–Crippen LogP) is 2.74. The van der Waals surface area contributed by atoms with E-state index in [1.54, 1.807) is 12.1 Å². The number of likely N-dealkylation sites (tertiary alicyclic amines) is 1. The van der Waals surface area contributed by atoms with Crippen molar-refractivity contribution in [3.8, 4) is 0 Å². The Morgan fingerprint density at radius 1 is 1.33 bits per heavy atom. The molecular formula is C19H28N2O3. The van der Waals surface area contributed by atoms with Gasteiger partial charge in [0.05, 0.1) is 12.7 Å². The number of amides is 1. The molecule has 1 atom stereocenters. The third-order valence-corrected chi connectivity index (χ3v) is 4.56. The van der Waals surface area contributed by atoms with Crippen molar-refractivity contribution < 1.29 is 14.3 Å². The van der Waals surface area contributed by atoms with Gasteiger partial charge in [-0.25, -0.2) is 4.79 Å². The van der Waals surface area contributed by atoms with Crippen LogP contribution in [0, 0.1) is 0 Å². The second kappa shape index (κ2) is 9.42. The van der Waals surface area contributed by atoms with Crippen molar-refractivity contribution in [1.82, 2.24) is 10.2 Å². The quantitative estimate of drug-likeness (QED) is 0.558. The predicted molar refractivity (Wildman–Crippen MR) is 93.7 cm³/mol. The molecule has 5 heteroatoms. The second-order valence-electron chi connectivity index (χ2n) is 6.29. The highest BCUT2D eigenvalue weighted by molar-refractivity contribution is 5.89. The number of hydrogen-bond donors (Lipinski definition) is 1. The van der Waals surface area contributed by atoms with Crippen LogP contribution >= 0.6 is 0 Å². The first-order valence-electron chi connectivity index (χ1n) is 8.83.